The van der Waals surface area contributed by atoms with E-state index in [-0.39, 0.29) is 11.5 Å². The Labute approximate surface area is 105 Å². The van der Waals surface area contributed by atoms with E-state index in [1.54, 1.807) is 0 Å². The Morgan fingerprint density at radius 1 is 1.24 bits per heavy atom. The third-order valence-corrected chi connectivity index (χ3v) is 4.37. The first kappa shape index (κ1) is 13.3. The minimum atomic E-state index is -0.542. The van der Waals surface area contributed by atoms with Gasteiger partial charge < -0.3 is 15.2 Å². The molecule has 2 N–H and O–H groups in total. The van der Waals surface area contributed by atoms with Gasteiger partial charge in [-0.2, -0.15) is 0 Å². The zero-order valence-corrected chi connectivity index (χ0v) is 11.3. The molecular weight excluding hydrogens is 214 g/mol. The average Bonchev–Trinajstić information content (AvgIpc) is 2.28. The molecule has 3 heteroatoms. The molecular formula is C14H27NO2. The van der Waals surface area contributed by atoms with Gasteiger partial charge in [0.25, 0.3) is 0 Å². The number of nitrogens with one attached hydrogen (secondary N) is 1. The van der Waals surface area contributed by atoms with E-state index in [0.717, 1.165) is 45.2 Å². The standard InChI is InChI=1S/C14H27NO2/c1-13(2)10-15-9-6-12(13)17-11-14(16)7-4-3-5-8-14/h12,15-16H,3-11H2,1-2H3. The average molecular weight is 241 g/mol. The third-order valence-electron chi connectivity index (χ3n) is 4.37. The van der Waals surface area contributed by atoms with Gasteiger partial charge in [-0.25, -0.2) is 0 Å². The van der Waals surface area contributed by atoms with Crippen LogP contribution in [0.3, 0.4) is 0 Å². The Morgan fingerprint density at radius 3 is 2.59 bits per heavy atom. The van der Waals surface area contributed by atoms with E-state index in [0.29, 0.717) is 6.61 Å². The van der Waals surface area contributed by atoms with E-state index >= 15 is 0 Å². The van der Waals surface area contributed by atoms with E-state index < -0.39 is 5.60 Å². The first-order valence-electron chi connectivity index (χ1n) is 7.07. The molecule has 0 bridgehead atoms. The Bertz CT molecular complexity index is 247. The molecule has 1 atom stereocenters. The molecule has 3 nitrogen and oxygen atoms in total. The minimum absolute atomic E-state index is 0.184. The Hall–Kier alpha value is -0.120. The quantitative estimate of drug-likeness (QED) is 0.795. The molecule has 0 aromatic carbocycles. The van der Waals surface area contributed by atoms with Gasteiger partial charge in [-0.15, -0.1) is 0 Å². The Kier molecular flexibility index (Phi) is 4.11. The van der Waals surface area contributed by atoms with Crippen molar-refractivity contribution in [1.82, 2.24) is 5.32 Å². The summed E-state index contributed by atoms with van der Waals surface area (Å²) >= 11 is 0. The molecule has 0 aromatic heterocycles. The molecule has 1 heterocycles. The van der Waals surface area contributed by atoms with Gasteiger partial charge in [0.15, 0.2) is 0 Å². The normalized spacial score (nSPS) is 32.3. The second kappa shape index (κ2) is 5.25. The van der Waals surface area contributed by atoms with Crippen LogP contribution in [0.25, 0.3) is 0 Å². The van der Waals surface area contributed by atoms with Crippen molar-refractivity contribution in [3.05, 3.63) is 0 Å². The first-order chi connectivity index (χ1) is 8.02. The number of ether oxygens (including phenoxy) is 1. The molecule has 1 saturated heterocycles. The monoisotopic (exact) mass is 241 g/mol. The maximum absolute atomic E-state index is 10.4. The van der Waals surface area contributed by atoms with E-state index in [1.165, 1.54) is 6.42 Å². The van der Waals surface area contributed by atoms with Crippen LogP contribution < -0.4 is 5.32 Å². The Balaban J connectivity index is 1.84. The summed E-state index contributed by atoms with van der Waals surface area (Å²) in [5.41, 5.74) is -0.359. The maximum atomic E-state index is 10.4. The van der Waals surface area contributed by atoms with Crippen LogP contribution in [0.15, 0.2) is 0 Å². The van der Waals surface area contributed by atoms with E-state index in [2.05, 4.69) is 19.2 Å². The zero-order valence-electron chi connectivity index (χ0n) is 11.3. The predicted octanol–water partition coefficient (Wildman–Crippen LogP) is 2.09. The Morgan fingerprint density at radius 2 is 1.94 bits per heavy atom. The molecule has 1 saturated carbocycles. The van der Waals surface area contributed by atoms with Crippen molar-refractivity contribution >= 4 is 0 Å². The van der Waals surface area contributed by atoms with Crippen molar-refractivity contribution in [3.63, 3.8) is 0 Å². The number of hydrogen-bond donors (Lipinski definition) is 2. The van der Waals surface area contributed by atoms with Crippen LogP contribution in [0.5, 0.6) is 0 Å². The highest BCUT2D eigenvalue weighted by molar-refractivity contribution is 4.88. The van der Waals surface area contributed by atoms with Gasteiger partial charge in [-0.1, -0.05) is 33.1 Å². The summed E-state index contributed by atoms with van der Waals surface area (Å²) in [6.07, 6.45) is 6.74. The molecule has 0 radical (unpaired) electrons. The van der Waals surface area contributed by atoms with Gasteiger partial charge in [0.2, 0.25) is 0 Å². The van der Waals surface area contributed by atoms with Crippen molar-refractivity contribution in [2.45, 2.75) is 64.1 Å². The van der Waals surface area contributed by atoms with Crippen molar-refractivity contribution in [3.8, 4) is 0 Å². The first-order valence-corrected chi connectivity index (χ1v) is 7.07. The fraction of sp³-hybridized carbons (Fsp3) is 1.00. The van der Waals surface area contributed by atoms with Crippen LogP contribution in [0.2, 0.25) is 0 Å². The maximum Gasteiger partial charge on any atom is 0.0880 e. The highest BCUT2D eigenvalue weighted by atomic mass is 16.5. The summed E-state index contributed by atoms with van der Waals surface area (Å²) in [5.74, 6) is 0. The zero-order chi connectivity index (χ0) is 12.4. The van der Waals surface area contributed by atoms with E-state index in [9.17, 15) is 5.11 Å². The van der Waals surface area contributed by atoms with Crippen LogP contribution >= 0.6 is 0 Å². The molecule has 2 rings (SSSR count). The molecule has 100 valence electrons. The van der Waals surface area contributed by atoms with Gasteiger partial charge in [-0.05, 0) is 25.8 Å². The lowest BCUT2D eigenvalue weighted by Gasteiger charge is -2.41. The molecule has 0 amide bonds. The lowest BCUT2D eigenvalue weighted by Crippen LogP contribution is -2.49. The molecule has 17 heavy (non-hydrogen) atoms. The van der Waals surface area contributed by atoms with Crippen LogP contribution in [0.4, 0.5) is 0 Å². The molecule has 2 fully saturated rings. The summed E-state index contributed by atoms with van der Waals surface area (Å²) in [4.78, 5) is 0. The summed E-state index contributed by atoms with van der Waals surface area (Å²) in [6.45, 7) is 7.06. The highest BCUT2D eigenvalue weighted by Crippen LogP contribution is 2.32. The molecule has 1 aliphatic heterocycles. The van der Waals surface area contributed by atoms with Gasteiger partial charge in [0.1, 0.15) is 0 Å². The molecule has 1 aliphatic carbocycles. The second-order valence-electron chi connectivity index (χ2n) is 6.54. The fourth-order valence-corrected chi connectivity index (χ4v) is 3.07. The van der Waals surface area contributed by atoms with Crippen LogP contribution in [-0.4, -0.2) is 36.5 Å². The van der Waals surface area contributed by atoms with Crippen LogP contribution in [-0.2, 0) is 4.74 Å². The topological polar surface area (TPSA) is 41.5 Å². The van der Waals surface area contributed by atoms with Crippen molar-refractivity contribution < 1.29 is 9.84 Å². The molecule has 2 aliphatic rings. The third kappa shape index (κ3) is 3.43. The van der Waals surface area contributed by atoms with E-state index in [1.807, 2.05) is 0 Å². The predicted molar refractivity (Wildman–Crippen MR) is 69.0 cm³/mol. The van der Waals surface area contributed by atoms with Crippen LogP contribution in [0, 0.1) is 5.41 Å². The summed E-state index contributed by atoms with van der Waals surface area (Å²) in [7, 11) is 0. The number of hydrogen-bond acceptors (Lipinski definition) is 3. The number of aliphatic hydroxyl groups is 1. The molecule has 1 unspecified atom stereocenters. The van der Waals surface area contributed by atoms with Gasteiger partial charge >= 0.3 is 0 Å². The van der Waals surface area contributed by atoms with Gasteiger partial charge in [0, 0.05) is 12.0 Å². The lowest BCUT2D eigenvalue weighted by molar-refractivity contribution is -0.123. The lowest BCUT2D eigenvalue weighted by atomic mass is 9.81. The summed E-state index contributed by atoms with van der Waals surface area (Å²) in [5, 5.41) is 13.8. The van der Waals surface area contributed by atoms with Crippen LogP contribution in [0.1, 0.15) is 52.4 Å². The minimum Gasteiger partial charge on any atom is -0.387 e. The summed E-state index contributed by atoms with van der Waals surface area (Å²) < 4.78 is 6.05. The number of piperidine rings is 1. The van der Waals surface area contributed by atoms with Gasteiger partial charge in [-0.3, -0.25) is 0 Å². The van der Waals surface area contributed by atoms with Crippen molar-refractivity contribution in [2.24, 2.45) is 5.41 Å². The van der Waals surface area contributed by atoms with Gasteiger partial charge in [0.05, 0.1) is 18.3 Å². The number of rotatable bonds is 3. The molecule has 0 spiro atoms. The fourth-order valence-electron chi connectivity index (χ4n) is 3.07. The SMILES string of the molecule is CC1(C)CNCCC1OCC1(O)CCCCC1. The molecule has 0 aromatic rings. The van der Waals surface area contributed by atoms with Crippen molar-refractivity contribution in [1.29, 1.82) is 0 Å². The highest BCUT2D eigenvalue weighted by Gasteiger charge is 2.36. The second-order valence-corrected chi connectivity index (χ2v) is 6.54. The smallest absolute Gasteiger partial charge is 0.0880 e. The largest absolute Gasteiger partial charge is 0.387 e. The summed E-state index contributed by atoms with van der Waals surface area (Å²) in [6, 6.07) is 0. The van der Waals surface area contributed by atoms with Crippen molar-refractivity contribution in [2.75, 3.05) is 19.7 Å². The van der Waals surface area contributed by atoms with E-state index in [4.69, 9.17) is 4.74 Å².